The molecule has 0 unspecified atom stereocenters. The van der Waals surface area contributed by atoms with Gasteiger partial charge in [0.1, 0.15) is 11.5 Å². The summed E-state index contributed by atoms with van der Waals surface area (Å²) in [5.74, 6) is 1.61. The van der Waals surface area contributed by atoms with Crippen LogP contribution in [0.25, 0.3) is 0 Å². The maximum atomic E-state index is 6.24. The SMILES string of the molecule is COc1ccc(OC)c([C@H](N)C(C)(C)C)c1. The Morgan fingerprint density at radius 3 is 2.19 bits per heavy atom. The molecule has 3 heteroatoms. The van der Waals surface area contributed by atoms with E-state index in [1.54, 1.807) is 14.2 Å². The molecule has 0 aliphatic rings. The van der Waals surface area contributed by atoms with Crippen molar-refractivity contribution in [3.8, 4) is 11.5 Å². The number of nitrogens with two attached hydrogens (primary N) is 1. The van der Waals surface area contributed by atoms with Crippen molar-refractivity contribution in [1.29, 1.82) is 0 Å². The number of ether oxygens (including phenoxy) is 2. The van der Waals surface area contributed by atoms with Gasteiger partial charge in [0.15, 0.2) is 0 Å². The highest BCUT2D eigenvalue weighted by atomic mass is 16.5. The molecule has 3 nitrogen and oxygen atoms in total. The summed E-state index contributed by atoms with van der Waals surface area (Å²) in [5.41, 5.74) is 7.20. The summed E-state index contributed by atoms with van der Waals surface area (Å²) in [4.78, 5) is 0. The summed E-state index contributed by atoms with van der Waals surface area (Å²) in [7, 11) is 3.30. The predicted octanol–water partition coefficient (Wildman–Crippen LogP) is 2.75. The third-order valence-corrected chi connectivity index (χ3v) is 2.70. The summed E-state index contributed by atoms with van der Waals surface area (Å²) >= 11 is 0. The van der Waals surface area contributed by atoms with Crippen molar-refractivity contribution in [2.45, 2.75) is 26.8 Å². The molecule has 0 heterocycles. The van der Waals surface area contributed by atoms with Crippen LogP contribution in [0.3, 0.4) is 0 Å². The standard InChI is InChI=1S/C13H21NO2/c1-13(2,3)12(14)10-8-9(15-4)6-7-11(10)16-5/h6-8,12H,14H2,1-5H3/t12-/m0/s1. The van der Waals surface area contributed by atoms with Gasteiger partial charge in [0.05, 0.1) is 14.2 Å². The maximum Gasteiger partial charge on any atom is 0.123 e. The highest BCUT2D eigenvalue weighted by molar-refractivity contribution is 5.42. The fraction of sp³-hybridized carbons (Fsp3) is 0.538. The second-order valence-electron chi connectivity index (χ2n) is 4.95. The zero-order valence-corrected chi connectivity index (χ0v) is 10.7. The van der Waals surface area contributed by atoms with E-state index >= 15 is 0 Å². The van der Waals surface area contributed by atoms with Gasteiger partial charge in [-0.2, -0.15) is 0 Å². The first-order valence-corrected chi connectivity index (χ1v) is 5.37. The van der Waals surface area contributed by atoms with Crippen molar-refractivity contribution < 1.29 is 9.47 Å². The van der Waals surface area contributed by atoms with Gasteiger partial charge in [-0.15, -0.1) is 0 Å². The van der Waals surface area contributed by atoms with Crippen LogP contribution in [-0.2, 0) is 0 Å². The molecule has 1 rings (SSSR count). The minimum Gasteiger partial charge on any atom is -0.497 e. The molecule has 0 aliphatic heterocycles. The van der Waals surface area contributed by atoms with Crippen molar-refractivity contribution >= 4 is 0 Å². The molecule has 0 amide bonds. The van der Waals surface area contributed by atoms with Crippen LogP contribution in [0, 0.1) is 5.41 Å². The Hall–Kier alpha value is -1.22. The van der Waals surface area contributed by atoms with Crippen LogP contribution in [0.5, 0.6) is 11.5 Å². The molecule has 16 heavy (non-hydrogen) atoms. The third-order valence-electron chi connectivity index (χ3n) is 2.70. The summed E-state index contributed by atoms with van der Waals surface area (Å²) in [6, 6.07) is 5.62. The van der Waals surface area contributed by atoms with Crippen molar-refractivity contribution in [3.63, 3.8) is 0 Å². The van der Waals surface area contributed by atoms with E-state index in [0.717, 1.165) is 17.1 Å². The highest BCUT2D eigenvalue weighted by Crippen LogP contribution is 2.37. The van der Waals surface area contributed by atoms with E-state index in [0.29, 0.717) is 0 Å². The molecular formula is C13H21NO2. The monoisotopic (exact) mass is 223 g/mol. The smallest absolute Gasteiger partial charge is 0.123 e. The first kappa shape index (κ1) is 12.8. The van der Waals surface area contributed by atoms with Gasteiger partial charge in [0.2, 0.25) is 0 Å². The summed E-state index contributed by atoms with van der Waals surface area (Å²) in [6.45, 7) is 6.32. The summed E-state index contributed by atoms with van der Waals surface area (Å²) in [6.07, 6.45) is 0. The topological polar surface area (TPSA) is 44.5 Å². The zero-order valence-electron chi connectivity index (χ0n) is 10.7. The average Bonchev–Trinajstić information content (AvgIpc) is 2.25. The lowest BCUT2D eigenvalue weighted by atomic mass is 9.82. The van der Waals surface area contributed by atoms with Gasteiger partial charge >= 0.3 is 0 Å². The number of hydrogen-bond donors (Lipinski definition) is 1. The van der Waals surface area contributed by atoms with E-state index in [2.05, 4.69) is 20.8 Å². The number of benzene rings is 1. The lowest BCUT2D eigenvalue weighted by Crippen LogP contribution is -2.26. The molecule has 0 aromatic heterocycles. The Morgan fingerprint density at radius 2 is 1.75 bits per heavy atom. The molecule has 0 saturated carbocycles. The quantitative estimate of drug-likeness (QED) is 0.857. The minimum absolute atomic E-state index is 0.0142. The minimum atomic E-state index is -0.0856. The Morgan fingerprint density at radius 1 is 1.12 bits per heavy atom. The van der Waals surface area contributed by atoms with E-state index in [4.69, 9.17) is 15.2 Å². The van der Waals surface area contributed by atoms with Crippen LogP contribution in [0.2, 0.25) is 0 Å². The van der Waals surface area contributed by atoms with E-state index in [9.17, 15) is 0 Å². The number of methoxy groups -OCH3 is 2. The van der Waals surface area contributed by atoms with E-state index in [-0.39, 0.29) is 11.5 Å². The van der Waals surface area contributed by atoms with Crippen molar-refractivity contribution in [3.05, 3.63) is 23.8 Å². The molecular weight excluding hydrogens is 202 g/mol. The van der Waals surface area contributed by atoms with E-state index in [1.165, 1.54) is 0 Å². The summed E-state index contributed by atoms with van der Waals surface area (Å²) in [5, 5.41) is 0. The fourth-order valence-electron chi connectivity index (χ4n) is 1.55. The van der Waals surface area contributed by atoms with Gasteiger partial charge in [-0.3, -0.25) is 0 Å². The second kappa shape index (κ2) is 4.74. The molecule has 1 aromatic rings. The highest BCUT2D eigenvalue weighted by Gasteiger charge is 2.25. The first-order chi connectivity index (χ1) is 7.40. The first-order valence-electron chi connectivity index (χ1n) is 5.37. The normalized spacial score (nSPS) is 13.4. The van der Waals surface area contributed by atoms with Gasteiger partial charge in [-0.05, 0) is 23.6 Å². The van der Waals surface area contributed by atoms with Crippen LogP contribution < -0.4 is 15.2 Å². The zero-order chi connectivity index (χ0) is 12.3. The Bertz CT molecular complexity index is 355. The molecule has 0 fully saturated rings. The van der Waals surface area contributed by atoms with Gasteiger partial charge in [-0.25, -0.2) is 0 Å². The van der Waals surface area contributed by atoms with Crippen LogP contribution in [-0.4, -0.2) is 14.2 Å². The molecule has 1 atom stereocenters. The number of hydrogen-bond acceptors (Lipinski definition) is 3. The van der Waals surface area contributed by atoms with E-state index < -0.39 is 0 Å². The van der Waals surface area contributed by atoms with Crippen LogP contribution in [0.1, 0.15) is 32.4 Å². The van der Waals surface area contributed by atoms with Crippen LogP contribution in [0.4, 0.5) is 0 Å². The average molecular weight is 223 g/mol. The molecule has 90 valence electrons. The Kier molecular flexibility index (Phi) is 3.81. The van der Waals surface area contributed by atoms with Crippen LogP contribution in [0.15, 0.2) is 18.2 Å². The lowest BCUT2D eigenvalue weighted by molar-refractivity contribution is 0.312. The summed E-state index contributed by atoms with van der Waals surface area (Å²) < 4.78 is 10.5. The van der Waals surface area contributed by atoms with Crippen molar-refractivity contribution in [1.82, 2.24) is 0 Å². The maximum absolute atomic E-state index is 6.24. The lowest BCUT2D eigenvalue weighted by Gasteiger charge is -2.28. The molecule has 0 bridgehead atoms. The van der Waals surface area contributed by atoms with E-state index in [1.807, 2.05) is 18.2 Å². The van der Waals surface area contributed by atoms with Gasteiger partial charge in [0, 0.05) is 11.6 Å². The number of rotatable bonds is 3. The molecule has 0 radical (unpaired) electrons. The van der Waals surface area contributed by atoms with Gasteiger partial charge in [-0.1, -0.05) is 20.8 Å². The fourth-order valence-corrected chi connectivity index (χ4v) is 1.55. The van der Waals surface area contributed by atoms with Gasteiger partial charge < -0.3 is 15.2 Å². The molecule has 0 saturated heterocycles. The van der Waals surface area contributed by atoms with Crippen LogP contribution >= 0.6 is 0 Å². The Balaban J connectivity index is 3.18. The molecule has 0 aliphatic carbocycles. The Labute approximate surface area is 97.6 Å². The second-order valence-corrected chi connectivity index (χ2v) is 4.95. The van der Waals surface area contributed by atoms with Gasteiger partial charge in [0.25, 0.3) is 0 Å². The molecule has 0 spiro atoms. The largest absolute Gasteiger partial charge is 0.497 e. The predicted molar refractivity (Wildman–Crippen MR) is 65.9 cm³/mol. The molecule has 1 aromatic carbocycles. The molecule has 2 N–H and O–H groups in total. The third kappa shape index (κ3) is 2.67. The van der Waals surface area contributed by atoms with Crippen molar-refractivity contribution in [2.75, 3.05) is 14.2 Å². The van der Waals surface area contributed by atoms with Crippen molar-refractivity contribution in [2.24, 2.45) is 11.1 Å².